The predicted octanol–water partition coefficient (Wildman–Crippen LogP) is 5.67. The summed E-state index contributed by atoms with van der Waals surface area (Å²) in [6, 6.07) is 0. The number of hydrogen-bond donors (Lipinski definition) is 0. The van der Waals surface area contributed by atoms with Gasteiger partial charge >= 0.3 is 0 Å². The van der Waals surface area contributed by atoms with E-state index in [1.165, 1.54) is 49.7 Å². The fourth-order valence-corrected chi connectivity index (χ4v) is 1.87. The smallest absolute Gasteiger partial charge is 0.0282 e. The molecule has 0 aromatic carbocycles. The van der Waals surface area contributed by atoms with E-state index < -0.39 is 0 Å². The first-order chi connectivity index (χ1) is 7.60. The Hall–Kier alpha value is -0.780. The number of unbranched alkanes of at least 4 members (excludes halogenated alkanes) is 1. The molecule has 0 aromatic rings. The molecule has 0 bridgehead atoms. The molecular formula is C16H28. The zero-order valence-electron chi connectivity index (χ0n) is 11.2. The molecule has 0 saturated heterocycles. The van der Waals surface area contributed by atoms with Crippen LogP contribution in [0, 0.1) is 5.92 Å². The van der Waals surface area contributed by atoms with Crippen LogP contribution in [0.1, 0.15) is 58.8 Å². The highest BCUT2D eigenvalue weighted by Gasteiger charge is 2.08. The Morgan fingerprint density at radius 2 is 1.75 bits per heavy atom. The van der Waals surface area contributed by atoms with Gasteiger partial charge in [-0.25, -0.2) is 0 Å². The molecule has 0 aliphatic rings. The van der Waals surface area contributed by atoms with E-state index in [2.05, 4.69) is 33.6 Å². The Morgan fingerprint density at radius 1 is 1.12 bits per heavy atom. The molecule has 0 radical (unpaired) electrons. The van der Waals surface area contributed by atoms with Crippen LogP contribution in [0.25, 0.3) is 0 Å². The van der Waals surface area contributed by atoms with Gasteiger partial charge in [-0.3, -0.25) is 0 Å². The highest BCUT2D eigenvalue weighted by molar-refractivity contribution is 5.10. The molecule has 0 amide bonds. The highest BCUT2D eigenvalue weighted by atomic mass is 14.1. The van der Waals surface area contributed by atoms with E-state index in [4.69, 9.17) is 0 Å². The van der Waals surface area contributed by atoms with Crippen LogP contribution >= 0.6 is 0 Å². The van der Waals surface area contributed by atoms with Crippen LogP contribution in [0.2, 0.25) is 0 Å². The second-order valence-corrected chi connectivity index (χ2v) is 4.91. The van der Waals surface area contributed by atoms with Crippen molar-refractivity contribution in [3.8, 4) is 0 Å². The van der Waals surface area contributed by atoms with Crippen molar-refractivity contribution in [2.45, 2.75) is 58.8 Å². The first kappa shape index (κ1) is 15.2. The summed E-state index contributed by atoms with van der Waals surface area (Å²) in [7, 11) is 0. The fraction of sp³-hybridized carbons (Fsp3) is 0.625. The fourth-order valence-electron chi connectivity index (χ4n) is 1.87. The van der Waals surface area contributed by atoms with E-state index in [0.29, 0.717) is 0 Å². The summed E-state index contributed by atoms with van der Waals surface area (Å²) in [4.78, 5) is 0. The van der Waals surface area contributed by atoms with Crippen LogP contribution < -0.4 is 0 Å². The maximum atomic E-state index is 3.99. The molecule has 0 saturated carbocycles. The third kappa shape index (κ3) is 8.52. The van der Waals surface area contributed by atoms with E-state index in [9.17, 15) is 0 Å². The Labute approximate surface area is 102 Å². The van der Waals surface area contributed by atoms with Gasteiger partial charge in [0.25, 0.3) is 0 Å². The second kappa shape index (κ2) is 9.45. The highest BCUT2D eigenvalue weighted by Crippen LogP contribution is 2.23. The maximum absolute atomic E-state index is 3.99. The lowest BCUT2D eigenvalue weighted by atomic mass is 9.89. The molecule has 16 heavy (non-hydrogen) atoms. The van der Waals surface area contributed by atoms with Crippen molar-refractivity contribution in [3.63, 3.8) is 0 Å². The van der Waals surface area contributed by atoms with Gasteiger partial charge in [-0.2, -0.15) is 0 Å². The van der Waals surface area contributed by atoms with Crippen molar-refractivity contribution >= 4 is 0 Å². The van der Waals surface area contributed by atoms with Gasteiger partial charge in [-0.1, -0.05) is 56.6 Å². The minimum Gasteiger partial charge on any atom is -0.100 e. The Balaban J connectivity index is 3.93. The van der Waals surface area contributed by atoms with Gasteiger partial charge in [0.1, 0.15) is 0 Å². The van der Waals surface area contributed by atoms with Crippen molar-refractivity contribution in [2.24, 2.45) is 5.92 Å². The molecule has 0 heterocycles. The molecule has 1 atom stereocenters. The quantitative estimate of drug-likeness (QED) is 0.328. The summed E-state index contributed by atoms with van der Waals surface area (Å²) >= 11 is 0. The van der Waals surface area contributed by atoms with Gasteiger partial charge in [-0.15, -0.1) is 6.58 Å². The van der Waals surface area contributed by atoms with Crippen LogP contribution in [0.4, 0.5) is 0 Å². The molecular weight excluding hydrogens is 192 g/mol. The van der Waals surface area contributed by atoms with Gasteiger partial charge in [0.2, 0.25) is 0 Å². The van der Waals surface area contributed by atoms with Crippen molar-refractivity contribution < 1.29 is 0 Å². The number of allylic oxidation sites excluding steroid dienone is 3. The van der Waals surface area contributed by atoms with Gasteiger partial charge in [0.15, 0.2) is 0 Å². The van der Waals surface area contributed by atoms with Gasteiger partial charge in [0, 0.05) is 0 Å². The molecule has 92 valence electrons. The Bertz CT molecular complexity index is 222. The van der Waals surface area contributed by atoms with E-state index in [0.717, 1.165) is 12.3 Å². The van der Waals surface area contributed by atoms with E-state index in [1.54, 1.807) is 0 Å². The van der Waals surface area contributed by atoms with Crippen molar-refractivity contribution in [1.29, 1.82) is 0 Å². The molecule has 0 heteroatoms. The molecule has 0 fully saturated rings. The number of hydrogen-bond acceptors (Lipinski definition) is 0. The lowest BCUT2D eigenvalue weighted by Crippen LogP contribution is -2.01. The Kier molecular flexibility index (Phi) is 8.99. The van der Waals surface area contributed by atoms with Crippen molar-refractivity contribution in [2.75, 3.05) is 0 Å². The van der Waals surface area contributed by atoms with Crippen LogP contribution in [0.3, 0.4) is 0 Å². The largest absolute Gasteiger partial charge is 0.100 e. The van der Waals surface area contributed by atoms with Crippen LogP contribution in [-0.4, -0.2) is 0 Å². The molecule has 0 rings (SSSR count). The van der Waals surface area contributed by atoms with Crippen LogP contribution in [0.5, 0.6) is 0 Å². The lowest BCUT2D eigenvalue weighted by molar-refractivity contribution is 0.407. The summed E-state index contributed by atoms with van der Waals surface area (Å²) in [5.41, 5.74) is 2.49. The van der Waals surface area contributed by atoms with Gasteiger partial charge in [-0.05, 0) is 38.5 Å². The summed E-state index contributed by atoms with van der Waals surface area (Å²) in [6.07, 6.45) is 10.7. The molecule has 0 nitrogen and oxygen atoms in total. The number of rotatable bonds is 10. The van der Waals surface area contributed by atoms with Crippen molar-refractivity contribution in [1.82, 2.24) is 0 Å². The third-order valence-electron chi connectivity index (χ3n) is 3.11. The summed E-state index contributed by atoms with van der Waals surface area (Å²) in [6.45, 7) is 16.1. The zero-order chi connectivity index (χ0) is 12.4. The SMILES string of the molecule is C=CC(=C)CCC(CCCC)CCC(=C)C. The minimum atomic E-state index is 0.841. The van der Waals surface area contributed by atoms with Crippen LogP contribution in [0.15, 0.2) is 37.0 Å². The zero-order valence-corrected chi connectivity index (χ0v) is 11.2. The summed E-state index contributed by atoms with van der Waals surface area (Å²) in [5.74, 6) is 0.841. The average molecular weight is 220 g/mol. The van der Waals surface area contributed by atoms with E-state index in [1.807, 2.05) is 6.08 Å². The van der Waals surface area contributed by atoms with E-state index in [-0.39, 0.29) is 0 Å². The maximum Gasteiger partial charge on any atom is -0.0282 e. The first-order valence-corrected chi connectivity index (χ1v) is 6.54. The third-order valence-corrected chi connectivity index (χ3v) is 3.11. The topological polar surface area (TPSA) is 0 Å². The summed E-state index contributed by atoms with van der Waals surface area (Å²) in [5, 5.41) is 0. The van der Waals surface area contributed by atoms with Crippen LogP contribution in [-0.2, 0) is 0 Å². The first-order valence-electron chi connectivity index (χ1n) is 6.54. The second-order valence-electron chi connectivity index (χ2n) is 4.91. The van der Waals surface area contributed by atoms with Gasteiger partial charge < -0.3 is 0 Å². The minimum absolute atomic E-state index is 0.841. The predicted molar refractivity (Wildman–Crippen MR) is 75.6 cm³/mol. The Morgan fingerprint density at radius 3 is 2.25 bits per heavy atom. The van der Waals surface area contributed by atoms with E-state index >= 15 is 0 Å². The molecule has 0 aromatic heterocycles. The molecule has 1 unspecified atom stereocenters. The van der Waals surface area contributed by atoms with Crippen molar-refractivity contribution in [3.05, 3.63) is 37.0 Å². The lowest BCUT2D eigenvalue weighted by Gasteiger charge is -2.16. The monoisotopic (exact) mass is 220 g/mol. The average Bonchev–Trinajstić information content (AvgIpc) is 2.27. The van der Waals surface area contributed by atoms with Gasteiger partial charge in [0.05, 0.1) is 0 Å². The molecule has 0 N–H and O–H groups in total. The molecule has 0 spiro atoms. The normalized spacial score (nSPS) is 12.1. The summed E-state index contributed by atoms with van der Waals surface area (Å²) < 4.78 is 0. The standard InChI is InChI=1S/C16H28/c1-6-8-9-16(12-10-14(3)4)13-11-15(5)7-2/h7,16H,2-3,5-6,8-13H2,1,4H3. The molecule has 0 aliphatic heterocycles. The molecule has 0 aliphatic carbocycles.